The lowest BCUT2D eigenvalue weighted by Crippen LogP contribution is -2.12. The highest BCUT2D eigenvalue weighted by atomic mass is 19.3. The van der Waals surface area contributed by atoms with Gasteiger partial charge in [0.15, 0.2) is 0 Å². The van der Waals surface area contributed by atoms with Gasteiger partial charge >= 0.3 is 0 Å². The third-order valence-corrected chi connectivity index (χ3v) is 4.19. The fourth-order valence-corrected chi connectivity index (χ4v) is 2.94. The van der Waals surface area contributed by atoms with Crippen LogP contribution in [0.1, 0.15) is 49.1 Å². The number of allylic oxidation sites excluding steroid dienone is 2. The molecule has 0 saturated heterocycles. The van der Waals surface area contributed by atoms with E-state index in [-0.39, 0.29) is 17.9 Å². The van der Waals surface area contributed by atoms with Crippen LogP contribution in [0, 0.1) is 11.7 Å². The molecule has 1 saturated carbocycles. The Hall–Kier alpha value is -1.32. The summed E-state index contributed by atoms with van der Waals surface area (Å²) in [7, 11) is 0. The molecule has 1 aromatic carbocycles. The third-order valence-electron chi connectivity index (χ3n) is 4.19. The molecular formula is C17H20F4. The molecule has 0 aromatic heterocycles. The number of hydrogen-bond donors (Lipinski definition) is 0. The van der Waals surface area contributed by atoms with Gasteiger partial charge in [0.05, 0.1) is 0 Å². The van der Waals surface area contributed by atoms with E-state index in [4.69, 9.17) is 0 Å². The maximum atomic E-state index is 13.6. The van der Waals surface area contributed by atoms with Crippen molar-refractivity contribution in [3.63, 3.8) is 0 Å². The number of alkyl halides is 3. The topological polar surface area (TPSA) is 0 Å². The fraction of sp³-hybridized carbons (Fsp3) is 0.529. The first-order valence-electron chi connectivity index (χ1n) is 7.39. The van der Waals surface area contributed by atoms with E-state index in [9.17, 15) is 17.6 Å². The molecule has 1 aliphatic carbocycles. The van der Waals surface area contributed by atoms with Gasteiger partial charge in [-0.25, -0.2) is 17.6 Å². The molecule has 0 amide bonds. The minimum absolute atomic E-state index is 0.0994. The van der Waals surface area contributed by atoms with Crippen LogP contribution in [0.5, 0.6) is 0 Å². The van der Waals surface area contributed by atoms with Gasteiger partial charge in [-0.2, -0.15) is 0 Å². The molecule has 0 N–H and O–H groups in total. The summed E-state index contributed by atoms with van der Waals surface area (Å²) < 4.78 is 50.2. The van der Waals surface area contributed by atoms with Crippen molar-refractivity contribution in [3.05, 3.63) is 47.3 Å². The van der Waals surface area contributed by atoms with E-state index in [1.807, 2.05) is 6.08 Å². The Morgan fingerprint density at radius 1 is 1.14 bits per heavy atom. The van der Waals surface area contributed by atoms with Crippen molar-refractivity contribution in [2.24, 2.45) is 5.92 Å². The predicted octanol–water partition coefficient (Wildman–Crippen LogP) is 5.78. The molecule has 0 radical (unpaired) electrons. The quantitative estimate of drug-likeness (QED) is 0.477. The molecule has 116 valence electrons. The van der Waals surface area contributed by atoms with Gasteiger partial charge in [-0.3, -0.25) is 0 Å². The minimum atomic E-state index is -2.28. The van der Waals surface area contributed by atoms with Crippen LogP contribution in [0.2, 0.25) is 0 Å². The molecule has 1 fully saturated rings. The van der Waals surface area contributed by atoms with Crippen LogP contribution < -0.4 is 0 Å². The van der Waals surface area contributed by atoms with Crippen molar-refractivity contribution in [2.75, 3.05) is 0 Å². The molecule has 0 heterocycles. The smallest absolute Gasteiger partial charge is 0.242 e. The summed E-state index contributed by atoms with van der Waals surface area (Å²) in [6, 6.07) is 4.75. The molecule has 0 unspecified atom stereocenters. The lowest BCUT2D eigenvalue weighted by Gasteiger charge is -2.27. The maximum absolute atomic E-state index is 13.6. The Labute approximate surface area is 122 Å². The van der Waals surface area contributed by atoms with Crippen molar-refractivity contribution in [3.8, 4) is 0 Å². The van der Waals surface area contributed by atoms with Crippen LogP contribution in [0.15, 0.2) is 30.4 Å². The second-order valence-corrected chi connectivity index (χ2v) is 5.65. The highest BCUT2D eigenvalue weighted by Gasteiger charge is 2.21. The van der Waals surface area contributed by atoms with E-state index >= 15 is 0 Å². The molecule has 2 rings (SSSR count). The van der Waals surface area contributed by atoms with Gasteiger partial charge in [0.25, 0.3) is 0 Å². The van der Waals surface area contributed by atoms with E-state index < -0.39 is 18.9 Å². The van der Waals surface area contributed by atoms with Gasteiger partial charge in [0, 0.05) is 12.0 Å². The maximum Gasteiger partial charge on any atom is 0.242 e. The molecule has 1 aromatic rings. The number of halogens is 4. The molecule has 0 bridgehead atoms. The molecule has 4 heteroatoms. The Kier molecular flexibility index (Phi) is 5.83. The van der Waals surface area contributed by atoms with E-state index in [2.05, 4.69) is 0 Å². The number of hydrogen-bond acceptors (Lipinski definition) is 0. The van der Waals surface area contributed by atoms with Gasteiger partial charge in [-0.15, -0.1) is 0 Å². The highest BCUT2D eigenvalue weighted by Crippen LogP contribution is 2.36. The Morgan fingerprint density at radius 3 is 2.43 bits per heavy atom. The van der Waals surface area contributed by atoms with Crippen molar-refractivity contribution >= 4 is 0 Å². The van der Waals surface area contributed by atoms with Gasteiger partial charge < -0.3 is 0 Å². The number of rotatable bonds is 5. The Bertz CT molecular complexity index is 474. The van der Waals surface area contributed by atoms with Crippen molar-refractivity contribution in [1.29, 1.82) is 0 Å². The van der Waals surface area contributed by atoms with E-state index in [0.29, 0.717) is 5.92 Å². The summed E-state index contributed by atoms with van der Waals surface area (Å²) in [6.45, 7) is -0.784. The van der Waals surface area contributed by atoms with Crippen LogP contribution in [-0.2, 0) is 6.67 Å². The summed E-state index contributed by atoms with van der Waals surface area (Å²) in [4.78, 5) is 0. The monoisotopic (exact) mass is 300 g/mol. The van der Waals surface area contributed by atoms with Crippen LogP contribution in [0.4, 0.5) is 17.6 Å². The predicted molar refractivity (Wildman–Crippen MR) is 75.7 cm³/mol. The van der Waals surface area contributed by atoms with Crippen LogP contribution in [0.25, 0.3) is 0 Å². The number of benzene rings is 1. The van der Waals surface area contributed by atoms with Crippen molar-refractivity contribution in [1.82, 2.24) is 0 Å². The van der Waals surface area contributed by atoms with Crippen molar-refractivity contribution < 1.29 is 17.6 Å². The van der Waals surface area contributed by atoms with Crippen LogP contribution in [0.3, 0.4) is 0 Å². The van der Waals surface area contributed by atoms with Crippen molar-refractivity contribution in [2.45, 2.75) is 51.1 Å². The van der Waals surface area contributed by atoms with Gasteiger partial charge in [-0.1, -0.05) is 24.3 Å². The zero-order valence-electron chi connectivity index (χ0n) is 11.9. The van der Waals surface area contributed by atoms with Crippen LogP contribution >= 0.6 is 0 Å². The van der Waals surface area contributed by atoms with Gasteiger partial charge in [0.1, 0.15) is 12.5 Å². The van der Waals surface area contributed by atoms with E-state index in [1.54, 1.807) is 12.1 Å². The van der Waals surface area contributed by atoms with E-state index in [1.165, 1.54) is 12.1 Å². The minimum Gasteiger partial charge on any atom is -0.246 e. The lowest BCUT2D eigenvalue weighted by molar-refractivity contribution is 0.152. The Balaban J connectivity index is 1.89. The zero-order valence-corrected chi connectivity index (χ0v) is 11.9. The Morgan fingerprint density at radius 2 is 1.86 bits per heavy atom. The zero-order chi connectivity index (χ0) is 15.2. The average molecular weight is 300 g/mol. The second kappa shape index (κ2) is 7.62. The van der Waals surface area contributed by atoms with Gasteiger partial charge in [-0.05, 0) is 49.1 Å². The lowest BCUT2D eigenvalue weighted by atomic mass is 9.78. The van der Waals surface area contributed by atoms with Crippen LogP contribution in [-0.4, -0.2) is 6.43 Å². The first-order valence-corrected chi connectivity index (χ1v) is 7.39. The molecule has 0 nitrogen and oxygen atoms in total. The molecule has 0 spiro atoms. The molecule has 0 aliphatic heterocycles. The molecule has 0 atom stereocenters. The average Bonchev–Trinajstić information content (AvgIpc) is 2.47. The largest absolute Gasteiger partial charge is 0.246 e. The highest BCUT2D eigenvalue weighted by molar-refractivity contribution is 5.27. The second-order valence-electron chi connectivity index (χ2n) is 5.65. The van der Waals surface area contributed by atoms with Gasteiger partial charge in [0.2, 0.25) is 6.43 Å². The fourth-order valence-electron chi connectivity index (χ4n) is 2.94. The summed E-state index contributed by atoms with van der Waals surface area (Å²) >= 11 is 0. The summed E-state index contributed by atoms with van der Waals surface area (Å²) in [5, 5.41) is 0. The summed E-state index contributed by atoms with van der Waals surface area (Å²) in [5.41, 5.74) is 1.02. The summed E-state index contributed by atoms with van der Waals surface area (Å²) in [5.74, 6) is 0.150. The SMILES string of the molecule is FCc1ccc(C2CCC(/C=C/CC(F)F)CC2)cc1F. The normalized spacial score (nSPS) is 23.1. The standard InChI is InChI=1S/C17H20F4/c18-11-15-9-8-14(10-16(15)19)13-6-4-12(5-7-13)2-1-3-17(20)21/h1-2,8-10,12-13,17H,3-7,11H2/b2-1+. The summed E-state index contributed by atoms with van der Waals surface area (Å²) in [6.07, 6.45) is 4.66. The first-order chi connectivity index (χ1) is 10.1. The molecule has 1 aliphatic rings. The van der Waals surface area contributed by atoms with E-state index in [0.717, 1.165) is 31.2 Å². The third kappa shape index (κ3) is 4.58. The first kappa shape index (κ1) is 16.1. The molecule has 21 heavy (non-hydrogen) atoms. The molecular weight excluding hydrogens is 280 g/mol.